The number of allylic oxidation sites excluding steroid dienone is 9. The number of carbonyl (C=O) groups excluding carboxylic acids is 1. The quantitative estimate of drug-likeness (QED) is 0.339. The molecule has 2 N–H and O–H groups in total. The summed E-state index contributed by atoms with van der Waals surface area (Å²) in [6.07, 6.45) is 26.7. The van der Waals surface area contributed by atoms with Gasteiger partial charge in [0.05, 0.1) is 12.2 Å². The van der Waals surface area contributed by atoms with Crippen LogP contribution in [0.25, 0.3) is 0 Å². The van der Waals surface area contributed by atoms with Gasteiger partial charge in [-0.2, -0.15) is 0 Å². The molecule has 0 aliphatic heterocycles. The van der Waals surface area contributed by atoms with Crippen molar-refractivity contribution < 1.29 is 15.0 Å². The molecular formula is C23H34O3. The van der Waals surface area contributed by atoms with Crippen LogP contribution < -0.4 is 0 Å². The van der Waals surface area contributed by atoms with Gasteiger partial charge in [-0.05, 0) is 39.0 Å². The van der Waals surface area contributed by atoms with Gasteiger partial charge in [-0.25, -0.2) is 0 Å². The van der Waals surface area contributed by atoms with Gasteiger partial charge >= 0.3 is 0 Å². The molecule has 0 aromatic rings. The minimum atomic E-state index is -0.504. The van der Waals surface area contributed by atoms with E-state index < -0.39 is 12.2 Å². The van der Waals surface area contributed by atoms with Crippen LogP contribution in [0.2, 0.25) is 0 Å². The molecule has 0 aromatic carbocycles. The second-order valence-corrected chi connectivity index (χ2v) is 6.06. The largest absolute Gasteiger partial charge is 0.389 e. The number of hydrogen-bond acceptors (Lipinski definition) is 3. The van der Waals surface area contributed by atoms with Crippen molar-refractivity contribution in [3.63, 3.8) is 0 Å². The fraction of sp³-hybridized carbons (Fsp3) is 0.435. The molecule has 3 heteroatoms. The molecule has 144 valence electrons. The molecule has 0 amide bonds. The van der Waals surface area contributed by atoms with Crippen LogP contribution in [0.3, 0.4) is 0 Å². The molecular weight excluding hydrogens is 324 g/mol. The van der Waals surface area contributed by atoms with Gasteiger partial charge in [0.15, 0.2) is 0 Å². The van der Waals surface area contributed by atoms with E-state index in [1.807, 2.05) is 43.4 Å². The standard InChI is InChI=1S/C23H34O3/c1-3-22(25)18-15-12-16-20-23(26)19-14-11-9-7-5-4-6-8-10-13-17-21(2)24/h4-5,8-12,14-16,18-19,22-23,25-26H,3,6-7,13,17,20H2,1-2H3/b5-4-,10-8-,11-9-,16-12-,18-15+,19-14-. The van der Waals surface area contributed by atoms with E-state index >= 15 is 0 Å². The van der Waals surface area contributed by atoms with E-state index in [-0.39, 0.29) is 5.78 Å². The zero-order valence-electron chi connectivity index (χ0n) is 16.1. The minimum absolute atomic E-state index is 0.230. The van der Waals surface area contributed by atoms with E-state index in [1.54, 1.807) is 25.2 Å². The maximum Gasteiger partial charge on any atom is 0.130 e. The van der Waals surface area contributed by atoms with Crippen molar-refractivity contribution in [3.8, 4) is 0 Å². The van der Waals surface area contributed by atoms with Crippen LogP contribution in [0.5, 0.6) is 0 Å². The Kier molecular flexibility index (Phi) is 16.5. The normalized spacial score (nSPS) is 15.5. The highest BCUT2D eigenvalue weighted by Crippen LogP contribution is 1.99. The number of hydrogen-bond donors (Lipinski definition) is 2. The van der Waals surface area contributed by atoms with Crippen LogP contribution in [0.15, 0.2) is 72.9 Å². The van der Waals surface area contributed by atoms with Gasteiger partial charge in [0, 0.05) is 6.42 Å². The summed E-state index contributed by atoms with van der Waals surface area (Å²) in [7, 11) is 0. The van der Waals surface area contributed by atoms with Crippen LogP contribution in [0.1, 0.15) is 52.4 Å². The Morgan fingerprint density at radius 3 is 2.04 bits per heavy atom. The Morgan fingerprint density at radius 1 is 0.808 bits per heavy atom. The number of Topliss-reactive ketones (excluding diaryl/α,β-unsaturated/α-hetero) is 1. The van der Waals surface area contributed by atoms with Crippen LogP contribution in [0, 0.1) is 0 Å². The summed E-state index contributed by atoms with van der Waals surface area (Å²) in [5.41, 5.74) is 0. The summed E-state index contributed by atoms with van der Waals surface area (Å²) < 4.78 is 0. The molecule has 0 rings (SSSR count). The predicted octanol–water partition coefficient (Wildman–Crippen LogP) is 4.99. The van der Waals surface area contributed by atoms with Gasteiger partial charge in [-0.1, -0.05) is 79.8 Å². The minimum Gasteiger partial charge on any atom is -0.389 e. The van der Waals surface area contributed by atoms with Crippen molar-refractivity contribution in [2.45, 2.75) is 64.6 Å². The lowest BCUT2D eigenvalue weighted by atomic mass is 10.2. The Labute approximate surface area is 158 Å². The topological polar surface area (TPSA) is 57.5 Å². The van der Waals surface area contributed by atoms with Gasteiger partial charge in [-0.15, -0.1) is 0 Å². The summed E-state index contributed by atoms with van der Waals surface area (Å²) in [6, 6.07) is 0. The third-order valence-corrected chi connectivity index (χ3v) is 3.50. The fourth-order valence-electron chi connectivity index (χ4n) is 1.90. The third-order valence-electron chi connectivity index (χ3n) is 3.50. The van der Waals surface area contributed by atoms with Gasteiger partial charge in [0.1, 0.15) is 5.78 Å². The number of aliphatic hydroxyl groups is 2. The molecule has 0 fully saturated rings. The van der Waals surface area contributed by atoms with Crippen molar-refractivity contribution in [3.05, 3.63) is 72.9 Å². The molecule has 0 aliphatic carbocycles. The number of ketones is 1. The van der Waals surface area contributed by atoms with E-state index in [9.17, 15) is 15.0 Å². The highest BCUT2D eigenvalue weighted by atomic mass is 16.3. The van der Waals surface area contributed by atoms with Gasteiger partial charge in [-0.3, -0.25) is 0 Å². The van der Waals surface area contributed by atoms with Crippen LogP contribution in [-0.2, 0) is 4.79 Å². The number of carbonyl (C=O) groups is 1. The zero-order valence-corrected chi connectivity index (χ0v) is 16.1. The number of rotatable bonds is 14. The van der Waals surface area contributed by atoms with Gasteiger partial charge < -0.3 is 15.0 Å². The van der Waals surface area contributed by atoms with E-state index in [2.05, 4.69) is 18.2 Å². The molecule has 0 radical (unpaired) electrons. The lowest BCUT2D eigenvalue weighted by Crippen LogP contribution is -1.99. The molecule has 0 aliphatic rings. The molecule has 0 spiro atoms. The monoisotopic (exact) mass is 358 g/mol. The molecule has 0 heterocycles. The second-order valence-electron chi connectivity index (χ2n) is 6.06. The predicted molar refractivity (Wildman–Crippen MR) is 111 cm³/mol. The molecule has 3 nitrogen and oxygen atoms in total. The second kappa shape index (κ2) is 17.8. The van der Waals surface area contributed by atoms with E-state index in [0.717, 1.165) is 19.3 Å². The van der Waals surface area contributed by atoms with Crippen molar-refractivity contribution in [1.29, 1.82) is 0 Å². The average Bonchev–Trinajstić information content (AvgIpc) is 2.61. The molecule has 2 atom stereocenters. The lowest BCUT2D eigenvalue weighted by molar-refractivity contribution is -0.116. The van der Waals surface area contributed by atoms with Crippen LogP contribution >= 0.6 is 0 Å². The Morgan fingerprint density at radius 2 is 1.38 bits per heavy atom. The summed E-state index contributed by atoms with van der Waals surface area (Å²) in [5, 5.41) is 19.1. The van der Waals surface area contributed by atoms with Crippen molar-refractivity contribution in [2.24, 2.45) is 0 Å². The van der Waals surface area contributed by atoms with E-state index in [4.69, 9.17) is 0 Å². The average molecular weight is 359 g/mol. The third kappa shape index (κ3) is 18.4. The molecule has 0 aromatic heterocycles. The maximum atomic E-state index is 10.8. The SMILES string of the molecule is CCC(O)/C=C/C=C\CC(O)/C=C\C=C/C/C=C\C/C=C\CCC(C)=O. The Hall–Kier alpha value is -1.97. The van der Waals surface area contributed by atoms with E-state index in [1.165, 1.54) is 0 Å². The molecule has 0 bridgehead atoms. The van der Waals surface area contributed by atoms with Crippen LogP contribution in [0.4, 0.5) is 0 Å². The lowest BCUT2D eigenvalue weighted by Gasteiger charge is -1.99. The fourth-order valence-corrected chi connectivity index (χ4v) is 1.90. The van der Waals surface area contributed by atoms with E-state index in [0.29, 0.717) is 19.3 Å². The highest BCUT2D eigenvalue weighted by molar-refractivity contribution is 5.75. The molecule has 0 saturated heterocycles. The van der Waals surface area contributed by atoms with Gasteiger partial charge in [0.25, 0.3) is 0 Å². The smallest absolute Gasteiger partial charge is 0.130 e. The summed E-state index contributed by atoms with van der Waals surface area (Å²) in [5.74, 6) is 0.230. The van der Waals surface area contributed by atoms with Crippen molar-refractivity contribution in [2.75, 3.05) is 0 Å². The first-order chi connectivity index (χ1) is 12.6. The first-order valence-electron chi connectivity index (χ1n) is 9.38. The van der Waals surface area contributed by atoms with Crippen LogP contribution in [-0.4, -0.2) is 28.2 Å². The number of aliphatic hydroxyl groups excluding tert-OH is 2. The Bertz CT molecular complexity index is 522. The highest BCUT2D eigenvalue weighted by Gasteiger charge is 1.93. The molecule has 2 unspecified atom stereocenters. The summed E-state index contributed by atoms with van der Waals surface area (Å²) in [6.45, 7) is 3.54. The first kappa shape index (κ1) is 24.0. The summed E-state index contributed by atoms with van der Waals surface area (Å²) >= 11 is 0. The maximum absolute atomic E-state index is 10.8. The summed E-state index contributed by atoms with van der Waals surface area (Å²) in [4.78, 5) is 10.8. The Balaban J connectivity index is 3.79. The molecule has 26 heavy (non-hydrogen) atoms. The molecule has 0 saturated carbocycles. The first-order valence-corrected chi connectivity index (χ1v) is 9.38. The van der Waals surface area contributed by atoms with Crippen molar-refractivity contribution in [1.82, 2.24) is 0 Å². The zero-order chi connectivity index (χ0) is 19.5. The van der Waals surface area contributed by atoms with Gasteiger partial charge in [0.2, 0.25) is 0 Å². The van der Waals surface area contributed by atoms with Crippen molar-refractivity contribution >= 4 is 5.78 Å².